The molecule has 0 aliphatic carbocycles. The number of nitrogens with one attached hydrogen (secondary N) is 1. The van der Waals surface area contributed by atoms with Crippen LogP contribution in [0.3, 0.4) is 0 Å². The van der Waals surface area contributed by atoms with Gasteiger partial charge < -0.3 is 10.2 Å². The standard InChI is InChI=1S/C19H22N6O2/c1-14-17(10-21-25(14)11-15-7-5-4-6-8-15)19(27)22-16-9-20-24(12-16)13-18(26)23(2)3/h4-10,12H,11,13H2,1-3H3,(H,22,27). The summed E-state index contributed by atoms with van der Waals surface area (Å²) in [5, 5.41) is 11.2. The minimum Gasteiger partial charge on any atom is -0.347 e. The Hall–Kier alpha value is -3.42. The minimum atomic E-state index is -0.259. The fourth-order valence-electron chi connectivity index (χ4n) is 2.58. The lowest BCUT2D eigenvalue weighted by atomic mass is 10.2. The van der Waals surface area contributed by atoms with Crippen LogP contribution in [0, 0.1) is 6.92 Å². The summed E-state index contributed by atoms with van der Waals surface area (Å²) in [6, 6.07) is 9.94. The highest BCUT2D eigenvalue weighted by Gasteiger charge is 2.16. The summed E-state index contributed by atoms with van der Waals surface area (Å²) in [5.41, 5.74) is 2.93. The Balaban J connectivity index is 1.67. The van der Waals surface area contributed by atoms with Gasteiger partial charge in [-0.1, -0.05) is 30.3 Å². The van der Waals surface area contributed by atoms with E-state index in [-0.39, 0.29) is 18.4 Å². The molecule has 0 aliphatic heterocycles. The molecule has 0 aliphatic rings. The van der Waals surface area contributed by atoms with Gasteiger partial charge in [0.15, 0.2) is 0 Å². The van der Waals surface area contributed by atoms with E-state index >= 15 is 0 Å². The molecule has 3 rings (SSSR count). The van der Waals surface area contributed by atoms with Gasteiger partial charge in [0.05, 0.1) is 30.2 Å². The molecule has 1 N–H and O–H groups in total. The number of rotatable bonds is 6. The lowest BCUT2D eigenvalue weighted by molar-refractivity contribution is -0.129. The van der Waals surface area contributed by atoms with Gasteiger partial charge in [0.1, 0.15) is 6.54 Å². The van der Waals surface area contributed by atoms with E-state index in [1.54, 1.807) is 31.2 Å². The SMILES string of the molecule is Cc1c(C(=O)Nc2cnn(CC(=O)N(C)C)c2)cnn1Cc1ccccc1. The number of anilines is 1. The summed E-state index contributed by atoms with van der Waals surface area (Å²) in [6.07, 6.45) is 4.71. The highest BCUT2D eigenvalue weighted by molar-refractivity contribution is 6.04. The number of hydrogen-bond acceptors (Lipinski definition) is 4. The second-order valence-corrected chi connectivity index (χ2v) is 6.46. The van der Waals surface area contributed by atoms with Gasteiger partial charge in [0, 0.05) is 26.0 Å². The molecular formula is C19H22N6O2. The molecule has 3 aromatic rings. The molecule has 2 aromatic heterocycles. The van der Waals surface area contributed by atoms with E-state index in [1.165, 1.54) is 15.8 Å². The molecule has 0 atom stereocenters. The monoisotopic (exact) mass is 366 g/mol. The molecule has 1 aromatic carbocycles. The van der Waals surface area contributed by atoms with Crippen molar-refractivity contribution < 1.29 is 9.59 Å². The van der Waals surface area contributed by atoms with Crippen molar-refractivity contribution in [3.05, 3.63) is 65.7 Å². The van der Waals surface area contributed by atoms with Crippen LogP contribution in [0.1, 0.15) is 21.6 Å². The molecule has 0 spiro atoms. The van der Waals surface area contributed by atoms with Crippen LogP contribution in [0.15, 0.2) is 48.9 Å². The first-order chi connectivity index (χ1) is 12.9. The van der Waals surface area contributed by atoms with Crippen LogP contribution >= 0.6 is 0 Å². The molecule has 0 saturated carbocycles. The van der Waals surface area contributed by atoms with Crippen LogP contribution in [-0.2, 0) is 17.9 Å². The van der Waals surface area contributed by atoms with E-state index in [0.717, 1.165) is 11.3 Å². The van der Waals surface area contributed by atoms with Crippen molar-refractivity contribution in [2.75, 3.05) is 19.4 Å². The second kappa shape index (κ2) is 7.86. The van der Waals surface area contributed by atoms with Crippen molar-refractivity contribution in [3.63, 3.8) is 0 Å². The Morgan fingerprint density at radius 1 is 1.11 bits per heavy atom. The highest BCUT2D eigenvalue weighted by Crippen LogP contribution is 2.13. The van der Waals surface area contributed by atoms with Crippen LogP contribution in [0.25, 0.3) is 0 Å². The normalized spacial score (nSPS) is 10.6. The minimum absolute atomic E-state index is 0.0750. The summed E-state index contributed by atoms with van der Waals surface area (Å²) in [4.78, 5) is 25.8. The zero-order valence-corrected chi connectivity index (χ0v) is 15.6. The third-order valence-electron chi connectivity index (χ3n) is 4.21. The Bertz CT molecular complexity index is 942. The van der Waals surface area contributed by atoms with Gasteiger partial charge in [-0.05, 0) is 12.5 Å². The topological polar surface area (TPSA) is 85.1 Å². The lowest BCUT2D eigenvalue weighted by Crippen LogP contribution is -2.26. The molecule has 2 amide bonds. The highest BCUT2D eigenvalue weighted by atomic mass is 16.2. The molecule has 0 unspecified atom stereocenters. The third-order valence-corrected chi connectivity index (χ3v) is 4.21. The zero-order chi connectivity index (χ0) is 19.4. The number of nitrogens with zero attached hydrogens (tertiary/aromatic N) is 5. The first kappa shape index (κ1) is 18.4. The molecule has 0 saturated heterocycles. The van der Waals surface area contributed by atoms with Crippen molar-refractivity contribution in [2.45, 2.75) is 20.0 Å². The molecule has 2 heterocycles. The van der Waals surface area contributed by atoms with E-state index in [1.807, 2.05) is 37.3 Å². The summed E-state index contributed by atoms with van der Waals surface area (Å²) in [7, 11) is 3.37. The van der Waals surface area contributed by atoms with Crippen molar-refractivity contribution in [2.24, 2.45) is 0 Å². The molecule has 0 radical (unpaired) electrons. The van der Waals surface area contributed by atoms with Crippen molar-refractivity contribution in [1.82, 2.24) is 24.5 Å². The maximum Gasteiger partial charge on any atom is 0.259 e. The average Bonchev–Trinajstić information content (AvgIpc) is 3.22. The molecule has 140 valence electrons. The summed E-state index contributed by atoms with van der Waals surface area (Å²) in [5.74, 6) is -0.334. The molecule has 0 fully saturated rings. The fraction of sp³-hybridized carbons (Fsp3) is 0.263. The van der Waals surface area contributed by atoms with Crippen LogP contribution in [0.2, 0.25) is 0 Å². The zero-order valence-electron chi connectivity index (χ0n) is 15.6. The number of hydrogen-bond donors (Lipinski definition) is 1. The molecular weight excluding hydrogens is 344 g/mol. The smallest absolute Gasteiger partial charge is 0.259 e. The van der Waals surface area contributed by atoms with Gasteiger partial charge in [-0.25, -0.2) is 0 Å². The summed E-state index contributed by atoms with van der Waals surface area (Å²) in [6.45, 7) is 2.59. The van der Waals surface area contributed by atoms with Crippen LogP contribution < -0.4 is 5.32 Å². The predicted octanol–water partition coefficient (Wildman–Crippen LogP) is 1.78. The number of amides is 2. The van der Waals surface area contributed by atoms with Crippen LogP contribution in [-0.4, -0.2) is 50.4 Å². The molecule has 0 bridgehead atoms. The van der Waals surface area contributed by atoms with Crippen molar-refractivity contribution in [3.8, 4) is 0 Å². The lowest BCUT2D eigenvalue weighted by Gasteiger charge is -2.09. The third kappa shape index (κ3) is 4.41. The first-order valence-corrected chi connectivity index (χ1v) is 8.54. The van der Waals surface area contributed by atoms with Crippen molar-refractivity contribution >= 4 is 17.5 Å². The molecule has 27 heavy (non-hydrogen) atoms. The maximum absolute atomic E-state index is 12.6. The predicted molar refractivity (Wildman–Crippen MR) is 101 cm³/mol. The number of benzene rings is 1. The summed E-state index contributed by atoms with van der Waals surface area (Å²) < 4.78 is 3.28. The van der Waals surface area contributed by atoms with Gasteiger partial charge in [-0.2, -0.15) is 10.2 Å². The molecule has 8 nitrogen and oxygen atoms in total. The number of carbonyl (C=O) groups is 2. The Morgan fingerprint density at radius 3 is 2.56 bits per heavy atom. The van der Waals surface area contributed by atoms with Crippen molar-refractivity contribution in [1.29, 1.82) is 0 Å². The Labute approximate surface area is 157 Å². The molecule has 8 heteroatoms. The number of likely N-dealkylation sites (N-methyl/N-ethyl adjacent to an activating group) is 1. The fourth-order valence-corrected chi connectivity index (χ4v) is 2.58. The van der Waals surface area contributed by atoms with E-state index in [9.17, 15) is 9.59 Å². The van der Waals surface area contributed by atoms with E-state index in [4.69, 9.17) is 0 Å². The average molecular weight is 366 g/mol. The maximum atomic E-state index is 12.6. The van der Waals surface area contributed by atoms with Gasteiger partial charge in [-0.3, -0.25) is 19.0 Å². The van der Waals surface area contributed by atoms with Crippen LogP contribution in [0.4, 0.5) is 5.69 Å². The number of carbonyl (C=O) groups excluding carboxylic acids is 2. The van der Waals surface area contributed by atoms with E-state index < -0.39 is 0 Å². The second-order valence-electron chi connectivity index (χ2n) is 6.46. The number of aromatic nitrogens is 4. The van der Waals surface area contributed by atoms with Gasteiger partial charge >= 0.3 is 0 Å². The van der Waals surface area contributed by atoms with Crippen LogP contribution in [0.5, 0.6) is 0 Å². The van der Waals surface area contributed by atoms with Gasteiger partial charge in [0.25, 0.3) is 5.91 Å². The van der Waals surface area contributed by atoms with Gasteiger partial charge in [-0.15, -0.1) is 0 Å². The van der Waals surface area contributed by atoms with E-state index in [0.29, 0.717) is 17.8 Å². The van der Waals surface area contributed by atoms with E-state index in [2.05, 4.69) is 15.5 Å². The Kier molecular flexibility index (Phi) is 5.35. The summed E-state index contributed by atoms with van der Waals surface area (Å²) >= 11 is 0. The first-order valence-electron chi connectivity index (χ1n) is 8.54. The quantitative estimate of drug-likeness (QED) is 0.721. The largest absolute Gasteiger partial charge is 0.347 e. The Morgan fingerprint density at radius 2 is 1.85 bits per heavy atom. The van der Waals surface area contributed by atoms with Gasteiger partial charge in [0.2, 0.25) is 5.91 Å².